The summed E-state index contributed by atoms with van der Waals surface area (Å²) in [6.07, 6.45) is 4.71. The first-order valence-electron chi connectivity index (χ1n) is 6.86. The lowest BCUT2D eigenvalue weighted by Gasteiger charge is -2.29. The summed E-state index contributed by atoms with van der Waals surface area (Å²) in [6.45, 7) is 2.38. The SMILES string of the molecule is NCCCCCC(=O)N1CCc2ccccc2C1. The van der Waals surface area contributed by atoms with Crippen LogP contribution >= 0.6 is 0 Å². The van der Waals surface area contributed by atoms with E-state index in [1.165, 1.54) is 11.1 Å². The first-order valence-corrected chi connectivity index (χ1v) is 6.86. The highest BCUT2D eigenvalue weighted by Crippen LogP contribution is 2.19. The minimum absolute atomic E-state index is 0.293. The van der Waals surface area contributed by atoms with Gasteiger partial charge in [0.1, 0.15) is 0 Å². The number of carbonyl (C=O) groups excluding carboxylic acids is 1. The number of hydrogen-bond donors (Lipinski definition) is 1. The van der Waals surface area contributed by atoms with Gasteiger partial charge in [0, 0.05) is 19.5 Å². The number of nitrogens with zero attached hydrogens (tertiary/aromatic N) is 1. The average molecular weight is 246 g/mol. The molecule has 0 aliphatic carbocycles. The average Bonchev–Trinajstić information content (AvgIpc) is 2.43. The number of nitrogens with two attached hydrogens (primary N) is 1. The fraction of sp³-hybridized carbons (Fsp3) is 0.533. The molecule has 18 heavy (non-hydrogen) atoms. The van der Waals surface area contributed by atoms with Gasteiger partial charge in [0.05, 0.1) is 0 Å². The van der Waals surface area contributed by atoms with E-state index in [1.807, 2.05) is 11.0 Å². The van der Waals surface area contributed by atoms with Crippen molar-refractivity contribution in [3.63, 3.8) is 0 Å². The summed E-state index contributed by atoms with van der Waals surface area (Å²) in [6, 6.07) is 8.42. The molecule has 1 aliphatic heterocycles. The molecule has 3 heteroatoms. The quantitative estimate of drug-likeness (QED) is 0.809. The zero-order valence-corrected chi connectivity index (χ0v) is 10.9. The number of rotatable bonds is 5. The van der Waals surface area contributed by atoms with Crippen LogP contribution < -0.4 is 5.73 Å². The van der Waals surface area contributed by atoms with E-state index in [1.54, 1.807) is 0 Å². The van der Waals surface area contributed by atoms with Crippen LogP contribution in [0.25, 0.3) is 0 Å². The van der Waals surface area contributed by atoms with Crippen molar-refractivity contribution >= 4 is 5.91 Å². The van der Waals surface area contributed by atoms with E-state index in [0.29, 0.717) is 12.3 Å². The molecular weight excluding hydrogens is 224 g/mol. The lowest BCUT2D eigenvalue weighted by atomic mass is 9.99. The molecule has 0 saturated carbocycles. The molecule has 1 aliphatic rings. The molecule has 3 nitrogen and oxygen atoms in total. The highest BCUT2D eigenvalue weighted by molar-refractivity contribution is 5.76. The summed E-state index contributed by atoms with van der Waals surface area (Å²) in [4.78, 5) is 14.1. The summed E-state index contributed by atoms with van der Waals surface area (Å²) in [5, 5.41) is 0. The largest absolute Gasteiger partial charge is 0.338 e. The van der Waals surface area contributed by atoms with Crippen molar-refractivity contribution in [1.82, 2.24) is 4.90 Å². The molecule has 98 valence electrons. The minimum Gasteiger partial charge on any atom is -0.338 e. The van der Waals surface area contributed by atoms with Crippen molar-refractivity contribution < 1.29 is 4.79 Å². The van der Waals surface area contributed by atoms with Gasteiger partial charge >= 0.3 is 0 Å². The standard InChI is InChI=1S/C15H22N2O/c16-10-5-1-2-8-15(18)17-11-9-13-6-3-4-7-14(13)12-17/h3-4,6-7H,1-2,5,8-12,16H2. The third kappa shape index (κ3) is 3.33. The van der Waals surface area contributed by atoms with Crippen LogP contribution in [0.2, 0.25) is 0 Å². The Hall–Kier alpha value is -1.35. The smallest absolute Gasteiger partial charge is 0.222 e. The number of fused-ring (bicyclic) bond motifs is 1. The Kier molecular flexibility index (Phi) is 4.76. The number of amides is 1. The molecule has 2 N–H and O–H groups in total. The van der Waals surface area contributed by atoms with Crippen LogP contribution in [0.15, 0.2) is 24.3 Å². The first-order chi connectivity index (χ1) is 8.81. The number of unbranched alkanes of at least 4 members (excludes halogenated alkanes) is 2. The predicted octanol–water partition coefficient (Wildman–Crippen LogP) is 2.09. The first kappa shape index (κ1) is 13.1. The molecule has 1 amide bonds. The van der Waals surface area contributed by atoms with Gasteiger partial charge in [-0.3, -0.25) is 4.79 Å². The van der Waals surface area contributed by atoms with Gasteiger partial charge in [-0.05, 0) is 36.9 Å². The zero-order valence-electron chi connectivity index (χ0n) is 10.9. The Morgan fingerprint density at radius 2 is 1.94 bits per heavy atom. The maximum Gasteiger partial charge on any atom is 0.222 e. The molecule has 0 saturated heterocycles. The summed E-state index contributed by atoms with van der Waals surface area (Å²) in [7, 11) is 0. The van der Waals surface area contributed by atoms with Crippen LogP contribution in [0, 0.1) is 0 Å². The Bertz CT molecular complexity index is 403. The van der Waals surface area contributed by atoms with Crippen LogP contribution in [-0.2, 0) is 17.8 Å². The summed E-state index contributed by atoms with van der Waals surface area (Å²) in [5.41, 5.74) is 8.14. The third-order valence-corrected chi connectivity index (χ3v) is 3.58. The van der Waals surface area contributed by atoms with Crippen LogP contribution in [0.4, 0.5) is 0 Å². The van der Waals surface area contributed by atoms with E-state index in [-0.39, 0.29) is 0 Å². The number of benzene rings is 1. The van der Waals surface area contributed by atoms with Gasteiger partial charge in [-0.15, -0.1) is 0 Å². The second-order valence-corrected chi connectivity index (χ2v) is 4.93. The van der Waals surface area contributed by atoms with E-state index >= 15 is 0 Å². The maximum absolute atomic E-state index is 12.1. The van der Waals surface area contributed by atoms with Crippen LogP contribution in [0.1, 0.15) is 36.8 Å². The summed E-state index contributed by atoms with van der Waals surface area (Å²) >= 11 is 0. The van der Waals surface area contributed by atoms with Crippen molar-refractivity contribution in [2.45, 2.75) is 38.6 Å². The lowest BCUT2D eigenvalue weighted by Crippen LogP contribution is -2.35. The Morgan fingerprint density at radius 1 is 1.17 bits per heavy atom. The van der Waals surface area contributed by atoms with Crippen molar-refractivity contribution in [3.05, 3.63) is 35.4 Å². The second kappa shape index (κ2) is 6.55. The van der Waals surface area contributed by atoms with Gasteiger partial charge in [-0.2, -0.15) is 0 Å². The topological polar surface area (TPSA) is 46.3 Å². The molecule has 0 unspecified atom stereocenters. The molecule has 0 spiro atoms. The molecule has 1 aromatic rings. The van der Waals surface area contributed by atoms with Crippen LogP contribution in [0.3, 0.4) is 0 Å². The summed E-state index contributed by atoms with van der Waals surface area (Å²) in [5.74, 6) is 0.293. The van der Waals surface area contributed by atoms with Crippen molar-refractivity contribution in [2.24, 2.45) is 5.73 Å². The molecule has 1 aromatic carbocycles. The fourth-order valence-electron chi connectivity index (χ4n) is 2.46. The normalized spacial score (nSPS) is 14.4. The van der Waals surface area contributed by atoms with Gasteiger partial charge in [0.25, 0.3) is 0 Å². The Balaban J connectivity index is 1.83. The maximum atomic E-state index is 12.1. The van der Waals surface area contributed by atoms with Crippen molar-refractivity contribution in [2.75, 3.05) is 13.1 Å². The number of hydrogen-bond acceptors (Lipinski definition) is 2. The van der Waals surface area contributed by atoms with Crippen LogP contribution in [0.5, 0.6) is 0 Å². The molecule has 0 bridgehead atoms. The molecular formula is C15H22N2O. The Morgan fingerprint density at radius 3 is 2.72 bits per heavy atom. The fourth-order valence-corrected chi connectivity index (χ4v) is 2.46. The molecule has 2 rings (SSSR count). The van der Waals surface area contributed by atoms with E-state index < -0.39 is 0 Å². The van der Waals surface area contributed by atoms with Crippen molar-refractivity contribution in [3.8, 4) is 0 Å². The van der Waals surface area contributed by atoms with Crippen LogP contribution in [-0.4, -0.2) is 23.9 Å². The molecule has 0 atom stereocenters. The van der Waals surface area contributed by atoms with Gasteiger partial charge in [-0.25, -0.2) is 0 Å². The Labute approximate surface area is 109 Å². The number of carbonyl (C=O) groups is 1. The van der Waals surface area contributed by atoms with Crippen molar-refractivity contribution in [1.29, 1.82) is 0 Å². The van der Waals surface area contributed by atoms with Gasteiger partial charge in [-0.1, -0.05) is 30.7 Å². The predicted molar refractivity (Wildman–Crippen MR) is 73.1 cm³/mol. The van der Waals surface area contributed by atoms with Gasteiger partial charge in [0.2, 0.25) is 5.91 Å². The van der Waals surface area contributed by atoms with E-state index in [9.17, 15) is 4.79 Å². The van der Waals surface area contributed by atoms with Gasteiger partial charge in [0.15, 0.2) is 0 Å². The molecule has 0 fully saturated rings. The van der Waals surface area contributed by atoms with E-state index in [2.05, 4.69) is 18.2 Å². The molecule has 1 heterocycles. The lowest BCUT2D eigenvalue weighted by molar-refractivity contribution is -0.132. The molecule has 0 aromatic heterocycles. The minimum atomic E-state index is 0.293. The highest BCUT2D eigenvalue weighted by atomic mass is 16.2. The highest BCUT2D eigenvalue weighted by Gasteiger charge is 2.19. The second-order valence-electron chi connectivity index (χ2n) is 4.93. The molecule has 0 radical (unpaired) electrons. The van der Waals surface area contributed by atoms with E-state index in [4.69, 9.17) is 5.73 Å². The zero-order chi connectivity index (χ0) is 12.8. The monoisotopic (exact) mass is 246 g/mol. The summed E-state index contributed by atoms with van der Waals surface area (Å²) < 4.78 is 0. The third-order valence-electron chi connectivity index (χ3n) is 3.58. The van der Waals surface area contributed by atoms with Gasteiger partial charge < -0.3 is 10.6 Å². The van der Waals surface area contributed by atoms with E-state index in [0.717, 1.165) is 45.3 Å².